The van der Waals surface area contributed by atoms with Gasteiger partial charge in [0, 0.05) is 42.8 Å². The number of carbonyl (C=O) groups excluding carboxylic acids is 5. The fourth-order valence-corrected chi connectivity index (χ4v) is 6.25. The van der Waals surface area contributed by atoms with E-state index < -0.39 is 53.1 Å². The first kappa shape index (κ1) is 33.9. The summed E-state index contributed by atoms with van der Waals surface area (Å²) in [4.78, 5) is 73.7. The summed E-state index contributed by atoms with van der Waals surface area (Å²) in [6, 6.07) is 11.1. The third-order valence-corrected chi connectivity index (χ3v) is 8.84. The summed E-state index contributed by atoms with van der Waals surface area (Å²) in [5.41, 5.74) is 1.11. The summed E-state index contributed by atoms with van der Waals surface area (Å²) < 4.78 is 5.24. The SMILES string of the molecule is CCC[C@H](NC(=O)[C@@H]1CC2(CC(c3cccc(Cl)c3)=NO2)CN1C(=O)[C@H](Cc1ccc(OC)cc1)NC(C)=O)C(=O)C(=O)NC1CC1. The molecule has 5 rings (SSSR count). The molecule has 0 aromatic heterocycles. The normalized spacial score (nSPS) is 21.3. The Balaban J connectivity index is 1.41. The number of oxime groups is 1. The summed E-state index contributed by atoms with van der Waals surface area (Å²) in [5.74, 6) is -2.30. The highest BCUT2D eigenvalue weighted by atomic mass is 35.5. The van der Waals surface area contributed by atoms with E-state index in [-0.39, 0.29) is 31.8 Å². The molecular formula is C34H40ClN5O7. The standard InChI is InChI=1S/C34H40ClN5O7/c1-4-6-26(30(42)32(44)37-24-11-12-24)38-31(43)29-18-34(17-28(39-47-34)22-7-5-8-23(35)16-22)19-40(29)33(45)27(36-20(2)41)15-21-9-13-25(46-3)14-10-21/h5,7-10,13-14,16,24,26-27,29H,4,6,11-12,15,17-19H2,1-3H3,(H,36,41)(H,37,44)(H,38,43)/t26-,27-,29-,34?/m0/s1. The monoisotopic (exact) mass is 665 g/mol. The van der Waals surface area contributed by atoms with E-state index in [1.165, 1.54) is 11.8 Å². The minimum Gasteiger partial charge on any atom is -0.497 e. The molecule has 13 heteroatoms. The van der Waals surface area contributed by atoms with Gasteiger partial charge >= 0.3 is 0 Å². The van der Waals surface area contributed by atoms with Gasteiger partial charge in [-0.25, -0.2) is 0 Å². The molecule has 2 aromatic rings. The quantitative estimate of drug-likeness (QED) is 0.278. The fourth-order valence-electron chi connectivity index (χ4n) is 6.06. The number of rotatable bonds is 13. The van der Waals surface area contributed by atoms with Crippen molar-refractivity contribution in [3.63, 3.8) is 0 Å². The molecule has 1 saturated carbocycles. The second-order valence-electron chi connectivity index (χ2n) is 12.5. The predicted molar refractivity (Wildman–Crippen MR) is 174 cm³/mol. The number of methoxy groups -OCH3 is 1. The molecule has 2 heterocycles. The Hall–Kier alpha value is -4.45. The number of benzene rings is 2. The second-order valence-corrected chi connectivity index (χ2v) is 12.9. The Kier molecular flexibility index (Phi) is 10.5. The van der Waals surface area contributed by atoms with Gasteiger partial charge in [0.15, 0.2) is 5.60 Å². The molecule has 1 aliphatic carbocycles. The van der Waals surface area contributed by atoms with Gasteiger partial charge in [0.25, 0.3) is 5.91 Å². The molecule has 2 aromatic carbocycles. The highest BCUT2D eigenvalue weighted by molar-refractivity contribution is 6.38. The number of hydrogen-bond donors (Lipinski definition) is 3. The second kappa shape index (κ2) is 14.5. The molecule has 12 nitrogen and oxygen atoms in total. The largest absolute Gasteiger partial charge is 0.497 e. The Bertz CT molecular complexity index is 1560. The highest BCUT2D eigenvalue weighted by Crippen LogP contribution is 2.39. The third kappa shape index (κ3) is 8.29. The van der Waals surface area contributed by atoms with Gasteiger partial charge in [0.1, 0.15) is 17.8 Å². The Labute approximate surface area is 278 Å². The van der Waals surface area contributed by atoms with Gasteiger partial charge in [-0.15, -0.1) is 0 Å². The molecule has 2 aliphatic heterocycles. The van der Waals surface area contributed by atoms with Crippen molar-refractivity contribution in [2.75, 3.05) is 13.7 Å². The van der Waals surface area contributed by atoms with Crippen LogP contribution in [0.3, 0.4) is 0 Å². The molecule has 4 amide bonds. The van der Waals surface area contributed by atoms with Crippen molar-refractivity contribution < 1.29 is 33.5 Å². The molecule has 3 aliphatic rings. The Morgan fingerprint density at radius 1 is 1.09 bits per heavy atom. The number of halogens is 1. The van der Waals surface area contributed by atoms with Gasteiger partial charge in [0.2, 0.25) is 23.5 Å². The van der Waals surface area contributed by atoms with Gasteiger partial charge in [-0.05, 0) is 49.1 Å². The van der Waals surface area contributed by atoms with Crippen molar-refractivity contribution in [3.8, 4) is 5.75 Å². The van der Waals surface area contributed by atoms with Gasteiger partial charge in [-0.3, -0.25) is 24.0 Å². The van der Waals surface area contributed by atoms with Crippen LogP contribution in [0.2, 0.25) is 5.02 Å². The molecule has 3 N–H and O–H groups in total. The predicted octanol–water partition coefficient (Wildman–Crippen LogP) is 2.69. The van der Waals surface area contributed by atoms with Gasteiger partial charge in [-0.2, -0.15) is 0 Å². The van der Waals surface area contributed by atoms with Crippen LogP contribution in [0.15, 0.2) is 53.7 Å². The summed E-state index contributed by atoms with van der Waals surface area (Å²) in [6.07, 6.45) is 2.95. The average molecular weight is 666 g/mol. The molecule has 1 spiro atoms. The fraction of sp³-hybridized carbons (Fsp3) is 0.471. The van der Waals surface area contributed by atoms with Gasteiger partial charge < -0.3 is 30.4 Å². The van der Waals surface area contributed by atoms with Crippen LogP contribution in [0.5, 0.6) is 5.75 Å². The van der Waals surface area contributed by atoms with Crippen LogP contribution < -0.4 is 20.7 Å². The number of carbonyl (C=O) groups is 5. The lowest BCUT2D eigenvalue weighted by Crippen LogP contribution is -2.56. The van der Waals surface area contributed by atoms with Crippen LogP contribution in [-0.2, 0) is 35.2 Å². The lowest BCUT2D eigenvalue weighted by molar-refractivity contribution is -0.143. The van der Waals surface area contributed by atoms with E-state index >= 15 is 0 Å². The molecule has 2 fully saturated rings. The summed E-state index contributed by atoms with van der Waals surface area (Å²) >= 11 is 6.22. The first-order valence-electron chi connectivity index (χ1n) is 15.9. The lowest BCUT2D eigenvalue weighted by Gasteiger charge is -2.29. The molecule has 250 valence electrons. The zero-order valence-corrected chi connectivity index (χ0v) is 27.5. The molecule has 1 unspecified atom stereocenters. The number of amides is 4. The van der Waals surface area contributed by atoms with Crippen molar-refractivity contribution in [3.05, 3.63) is 64.7 Å². The highest BCUT2D eigenvalue weighted by Gasteiger charge is 2.55. The van der Waals surface area contributed by atoms with Crippen molar-refractivity contribution >= 4 is 46.7 Å². The molecule has 1 saturated heterocycles. The minimum absolute atomic E-state index is 0.00470. The van der Waals surface area contributed by atoms with Crippen LogP contribution in [0.1, 0.15) is 63.5 Å². The summed E-state index contributed by atoms with van der Waals surface area (Å²) in [7, 11) is 1.55. The number of hydrogen-bond acceptors (Lipinski definition) is 8. The van der Waals surface area contributed by atoms with Crippen molar-refractivity contribution in [2.45, 2.75) is 88.6 Å². The van der Waals surface area contributed by atoms with Crippen molar-refractivity contribution in [1.82, 2.24) is 20.9 Å². The van der Waals surface area contributed by atoms with Gasteiger partial charge in [0.05, 0.1) is 25.4 Å². The number of Topliss-reactive ketones (excluding diaryl/α,β-unsaturated/α-hetero) is 1. The number of nitrogens with one attached hydrogen (secondary N) is 3. The van der Waals surface area contributed by atoms with Crippen molar-refractivity contribution in [2.24, 2.45) is 5.16 Å². The molecule has 47 heavy (non-hydrogen) atoms. The number of likely N-dealkylation sites (tertiary alicyclic amines) is 1. The Morgan fingerprint density at radius 3 is 2.47 bits per heavy atom. The first-order valence-corrected chi connectivity index (χ1v) is 16.2. The lowest BCUT2D eigenvalue weighted by atomic mass is 9.91. The van der Waals surface area contributed by atoms with Crippen LogP contribution in [-0.4, -0.2) is 83.4 Å². The minimum atomic E-state index is -1.07. The third-order valence-electron chi connectivity index (χ3n) is 8.60. The van der Waals surface area contributed by atoms with E-state index in [2.05, 4.69) is 21.1 Å². The maximum atomic E-state index is 14.3. The van der Waals surface area contributed by atoms with Crippen LogP contribution in [0.4, 0.5) is 0 Å². The van der Waals surface area contributed by atoms with E-state index in [1.807, 2.05) is 13.0 Å². The average Bonchev–Trinajstić information content (AvgIpc) is 3.64. The zero-order chi connectivity index (χ0) is 33.7. The van der Waals surface area contributed by atoms with E-state index in [1.54, 1.807) is 49.6 Å². The Morgan fingerprint density at radius 2 is 1.83 bits per heavy atom. The molecule has 0 radical (unpaired) electrons. The van der Waals surface area contributed by atoms with E-state index in [9.17, 15) is 24.0 Å². The number of nitrogens with zero attached hydrogens (tertiary/aromatic N) is 2. The van der Waals surface area contributed by atoms with Crippen LogP contribution in [0, 0.1) is 0 Å². The molecular weight excluding hydrogens is 626 g/mol. The van der Waals surface area contributed by atoms with Crippen LogP contribution in [0.25, 0.3) is 0 Å². The maximum absolute atomic E-state index is 14.3. The molecule has 0 bridgehead atoms. The van der Waals surface area contributed by atoms with E-state index in [0.717, 1.165) is 24.0 Å². The van der Waals surface area contributed by atoms with Gasteiger partial charge in [-0.1, -0.05) is 54.4 Å². The smallest absolute Gasteiger partial charge is 0.289 e. The molecule has 4 atom stereocenters. The zero-order valence-electron chi connectivity index (χ0n) is 26.7. The summed E-state index contributed by atoms with van der Waals surface area (Å²) in [5, 5.41) is 13.1. The van der Waals surface area contributed by atoms with E-state index in [4.69, 9.17) is 21.2 Å². The van der Waals surface area contributed by atoms with E-state index in [0.29, 0.717) is 29.3 Å². The maximum Gasteiger partial charge on any atom is 0.289 e. The van der Waals surface area contributed by atoms with Crippen molar-refractivity contribution in [1.29, 1.82) is 0 Å². The number of ketones is 1. The topological polar surface area (TPSA) is 156 Å². The van der Waals surface area contributed by atoms with Crippen LogP contribution >= 0.6 is 11.6 Å². The summed E-state index contributed by atoms with van der Waals surface area (Å²) in [6.45, 7) is 3.18. The first-order chi connectivity index (χ1) is 22.5. The number of ether oxygens (including phenoxy) is 1.